The molecule has 0 radical (unpaired) electrons. The van der Waals surface area contributed by atoms with Gasteiger partial charge in [0.2, 0.25) is 0 Å². The molecule has 212 valence electrons. The Kier molecular flexibility index (Phi) is 7.69. The molecule has 8 heteroatoms. The van der Waals surface area contributed by atoms with Gasteiger partial charge in [-0.2, -0.15) is 0 Å². The smallest absolute Gasteiger partial charge is 0.348 e. The number of nitrogens with one attached hydrogen (secondary N) is 1. The fraction of sp³-hybridized carbons (Fsp3) is 0.242. The topological polar surface area (TPSA) is 86.8 Å². The number of thiophene rings is 1. The van der Waals surface area contributed by atoms with Gasteiger partial charge in [0.1, 0.15) is 23.0 Å². The second-order valence-electron chi connectivity index (χ2n) is 10.6. The van der Waals surface area contributed by atoms with E-state index in [2.05, 4.69) is 37.1 Å². The summed E-state index contributed by atoms with van der Waals surface area (Å²) in [4.78, 5) is 31.5. The number of pyridine rings is 1. The fourth-order valence-corrected chi connectivity index (χ4v) is 5.94. The second kappa shape index (κ2) is 11.2. The maximum absolute atomic E-state index is 12.9. The maximum atomic E-state index is 12.9. The van der Waals surface area contributed by atoms with Crippen LogP contribution in [-0.2, 0) is 11.3 Å². The standard InChI is InChI=1S/C33H32N2O5S.H2/c1-19-17-33(4,5)35-27-13-12-24(26(30(19)27)18-39-32(37)29-14-9-20(2)41-29)25-11-10-22(16-28(25)38-6)40-31(36)23-8-7-15-34-21(23)3;/h7-17,35H,18H2,1-6H3;1H. The predicted octanol–water partition coefficient (Wildman–Crippen LogP) is 7.87. The summed E-state index contributed by atoms with van der Waals surface area (Å²) < 4.78 is 17.3. The third-order valence-corrected chi connectivity index (χ3v) is 7.91. The van der Waals surface area contributed by atoms with Crippen LogP contribution in [0, 0.1) is 13.8 Å². The number of carbonyl (C=O) groups excluding carboxylic acids is 2. The first-order chi connectivity index (χ1) is 19.6. The first-order valence-corrected chi connectivity index (χ1v) is 14.1. The molecule has 2 aromatic carbocycles. The molecule has 41 heavy (non-hydrogen) atoms. The molecule has 1 aliphatic rings. The summed E-state index contributed by atoms with van der Waals surface area (Å²) in [5.74, 6) is 0.00468. The largest absolute Gasteiger partial charge is 0.496 e. The van der Waals surface area contributed by atoms with E-state index in [4.69, 9.17) is 14.2 Å². The molecule has 0 fully saturated rings. The number of benzene rings is 2. The first-order valence-electron chi connectivity index (χ1n) is 13.3. The van der Waals surface area contributed by atoms with E-state index in [1.807, 2.05) is 31.2 Å². The number of aromatic nitrogens is 1. The number of esters is 2. The molecular weight excluding hydrogens is 536 g/mol. The Morgan fingerprint density at radius 3 is 2.49 bits per heavy atom. The van der Waals surface area contributed by atoms with Crippen molar-refractivity contribution in [3.05, 3.63) is 99.0 Å². The molecule has 0 atom stereocenters. The van der Waals surface area contributed by atoms with Gasteiger partial charge < -0.3 is 19.5 Å². The summed E-state index contributed by atoms with van der Waals surface area (Å²) in [5.41, 5.74) is 6.29. The van der Waals surface area contributed by atoms with Crippen LogP contribution < -0.4 is 14.8 Å². The lowest BCUT2D eigenvalue weighted by molar-refractivity contribution is 0.0478. The van der Waals surface area contributed by atoms with Gasteiger partial charge in [0, 0.05) is 40.9 Å². The third kappa shape index (κ3) is 5.88. The zero-order valence-corrected chi connectivity index (χ0v) is 24.8. The minimum Gasteiger partial charge on any atom is -0.496 e. The quantitative estimate of drug-likeness (QED) is 0.179. The fourth-order valence-electron chi connectivity index (χ4n) is 5.17. The number of hydrogen-bond donors (Lipinski definition) is 1. The summed E-state index contributed by atoms with van der Waals surface area (Å²) in [7, 11) is 1.57. The van der Waals surface area contributed by atoms with Crippen molar-refractivity contribution in [3.63, 3.8) is 0 Å². The van der Waals surface area contributed by atoms with Crippen LogP contribution in [0.25, 0.3) is 16.7 Å². The first kappa shape index (κ1) is 28.1. The Balaban J connectivity index is 0.00000405. The van der Waals surface area contributed by atoms with E-state index in [-0.39, 0.29) is 19.5 Å². The second-order valence-corrected chi connectivity index (χ2v) is 11.9. The molecule has 1 aliphatic heterocycles. The van der Waals surface area contributed by atoms with E-state index in [9.17, 15) is 9.59 Å². The van der Waals surface area contributed by atoms with E-state index in [1.165, 1.54) is 11.3 Å². The van der Waals surface area contributed by atoms with Crippen molar-refractivity contribution in [2.24, 2.45) is 0 Å². The molecule has 1 N–H and O–H groups in total. The molecule has 4 aromatic rings. The maximum Gasteiger partial charge on any atom is 0.348 e. The number of methoxy groups -OCH3 is 1. The van der Waals surface area contributed by atoms with Crippen LogP contribution in [-0.4, -0.2) is 29.6 Å². The van der Waals surface area contributed by atoms with Crippen molar-refractivity contribution in [1.29, 1.82) is 0 Å². The third-order valence-electron chi connectivity index (χ3n) is 6.93. The highest BCUT2D eigenvalue weighted by Gasteiger charge is 2.27. The van der Waals surface area contributed by atoms with Gasteiger partial charge in [0.15, 0.2) is 0 Å². The Bertz CT molecular complexity index is 1690. The predicted molar refractivity (Wildman–Crippen MR) is 164 cm³/mol. The summed E-state index contributed by atoms with van der Waals surface area (Å²) in [6, 6.07) is 16.4. The van der Waals surface area contributed by atoms with Crippen LogP contribution in [0.15, 0.2) is 66.9 Å². The lowest BCUT2D eigenvalue weighted by Crippen LogP contribution is -2.32. The summed E-state index contributed by atoms with van der Waals surface area (Å²) in [6.45, 7) is 10.1. The van der Waals surface area contributed by atoms with Crippen LogP contribution in [0.2, 0.25) is 0 Å². The van der Waals surface area contributed by atoms with Crippen molar-refractivity contribution in [3.8, 4) is 22.6 Å². The molecule has 0 saturated heterocycles. The molecule has 3 heterocycles. The number of nitrogens with zero attached hydrogens (tertiary/aromatic N) is 1. The molecule has 0 saturated carbocycles. The zero-order valence-electron chi connectivity index (χ0n) is 24.0. The molecule has 0 amide bonds. The van der Waals surface area contributed by atoms with E-state index in [0.29, 0.717) is 27.6 Å². The Morgan fingerprint density at radius 1 is 1.00 bits per heavy atom. The van der Waals surface area contributed by atoms with Crippen LogP contribution >= 0.6 is 11.3 Å². The van der Waals surface area contributed by atoms with Crippen LogP contribution in [0.5, 0.6) is 11.5 Å². The summed E-state index contributed by atoms with van der Waals surface area (Å²) in [5, 5.41) is 3.58. The Morgan fingerprint density at radius 2 is 1.78 bits per heavy atom. The van der Waals surface area contributed by atoms with Gasteiger partial charge in [0.05, 0.1) is 23.9 Å². The highest BCUT2D eigenvalue weighted by atomic mass is 32.1. The molecular formula is C33H34N2O5S. The van der Waals surface area contributed by atoms with Crippen LogP contribution in [0.3, 0.4) is 0 Å². The van der Waals surface area contributed by atoms with Gasteiger partial charge in [-0.15, -0.1) is 11.3 Å². The number of carbonyl (C=O) groups is 2. The molecule has 5 rings (SSSR count). The van der Waals surface area contributed by atoms with E-state index in [1.54, 1.807) is 50.6 Å². The number of aryl methyl sites for hydroxylation is 2. The van der Waals surface area contributed by atoms with Crippen molar-refractivity contribution in [1.82, 2.24) is 4.98 Å². The molecule has 0 bridgehead atoms. The van der Waals surface area contributed by atoms with Crippen molar-refractivity contribution < 1.29 is 25.2 Å². The molecule has 2 aromatic heterocycles. The lowest BCUT2D eigenvalue weighted by atomic mass is 9.85. The van der Waals surface area contributed by atoms with Gasteiger partial charge in [0.25, 0.3) is 0 Å². The minimum atomic E-state index is -0.495. The van der Waals surface area contributed by atoms with Gasteiger partial charge in [-0.25, -0.2) is 9.59 Å². The number of rotatable bonds is 7. The summed E-state index contributed by atoms with van der Waals surface area (Å²) >= 11 is 1.41. The van der Waals surface area contributed by atoms with E-state index in [0.717, 1.165) is 38.4 Å². The highest BCUT2D eigenvalue weighted by molar-refractivity contribution is 7.13. The van der Waals surface area contributed by atoms with Crippen molar-refractivity contribution in [2.75, 3.05) is 12.4 Å². The van der Waals surface area contributed by atoms with Crippen molar-refractivity contribution >= 4 is 34.5 Å². The summed E-state index contributed by atoms with van der Waals surface area (Å²) in [6.07, 6.45) is 3.81. The van der Waals surface area contributed by atoms with E-state index < -0.39 is 5.97 Å². The molecule has 0 aliphatic carbocycles. The normalized spacial score (nSPS) is 13.5. The highest BCUT2D eigenvalue weighted by Crippen LogP contribution is 2.43. The number of anilines is 1. The molecule has 7 nitrogen and oxygen atoms in total. The van der Waals surface area contributed by atoms with Crippen LogP contribution in [0.1, 0.15) is 63.9 Å². The number of allylic oxidation sites excluding steroid dienone is 1. The minimum absolute atomic E-state index is 0. The van der Waals surface area contributed by atoms with Crippen molar-refractivity contribution in [2.45, 2.75) is 46.8 Å². The molecule has 0 spiro atoms. The van der Waals surface area contributed by atoms with Gasteiger partial charge in [-0.3, -0.25) is 4.98 Å². The average molecular weight is 571 g/mol. The Hall–Kier alpha value is -4.43. The number of fused-ring (bicyclic) bond motifs is 1. The number of hydrogen-bond acceptors (Lipinski definition) is 8. The van der Waals surface area contributed by atoms with Gasteiger partial charge in [-0.05, 0) is 88.2 Å². The SMILES string of the molecule is COc1cc(OC(=O)c2cccnc2C)ccc1-c1ccc2c(c1COC(=O)c1ccc(C)s1)C(C)=CC(C)(C)N2.[HH]. The number of ether oxygens (including phenoxy) is 3. The van der Waals surface area contributed by atoms with Crippen LogP contribution in [0.4, 0.5) is 5.69 Å². The molecule has 0 unspecified atom stereocenters. The Labute approximate surface area is 245 Å². The van der Waals surface area contributed by atoms with E-state index >= 15 is 0 Å². The lowest BCUT2D eigenvalue weighted by Gasteiger charge is -2.33. The zero-order chi connectivity index (χ0) is 29.3. The van der Waals surface area contributed by atoms with Gasteiger partial charge >= 0.3 is 11.9 Å². The average Bonchev–Trinajstić information content (AvgIpc) is 3.37. The van der Waals surface area contributed by atoms with Gasteiger partial charge in [-0.1, -0.05) is 12.1 Å². The monoisotopic (exact) mass is 570 g/mol.